The van der Waals surface area contributed by atoms with Gasteiger partial charge in [-0.2, -0.15) is 5.10 Å². The first kappa shape index (κ1) is 18.0. The zero-order valence-electron chi connectivity index (χ0n) is 14.2. The number of nitrogens with zero attached hydrogens (tertiary/aromatic N) is 2. The van der Waals surface area contributed by atoms with Crippen molar-refractivity contribution >= 4 is 29.1 Å². The van der Waals surface area contributed by atoms with Gasteiger partial charge in [0.25, 0.3) is 0 Å². The molecule has 1 aromatic heterocycles. The number of carbonyl (C=O) groups excluding carboxylic acids is 2. The van der Waals surface area contributed by atoms with E-state index in [0.29, 0.717) is 10.7 Å². The summed E-state index contributed by atoms with van der Waals surface area (Å²) >= 11 is 5.91. The topological polar surface area (TPSA) is 76.0 Å². The summed E-state index contributed by atoms with van der Waals surface area (Å²) in [4.78, 5) is 24.1. The Morgan fingerprint density at radius 3 is 2.54 bits per heavy atom. The first-order chi connectivity index (χ1) is 11.3. The Morgan fingerprint density at radius 1 is 1.21 bits per heavy atom. The van der Waals surface area contributed by atoms with Crippen molar-refractivity contribution in [1.29, 1.82) is 0 Å². The first-order valence-electron chi connectivity index (χ1n) is 7.71. The maximum absolute atomic E-state index is 12.0. The van der Waals surface area contributed by atoms with E-state index in [9.17, 15) is 9.59 Å². The minimum Gasteiger partial charge on any atom is -0.344 e. The van der Waals surface area contributed by atoms with Crippen LogP contribution >= 0.6 is 11.6 Å². The van der Waals surface area contributed by atoms with Gasteiger partial charge in [-0.05, 0) is 45.4 Å². The smallest absolute Gasteiger partial charge is 0.313 e. The molecule has 0 aliphatic carbocycles. The molecule has 0 bridgehead atoms. The van der Waals surface area contributed by atoms with Crippen LogP contribution in [0, 0.1) is 20.8 Å². The van der Waals surface area contributed by atoms with Gasteiger partial charge in [0.15, 0.2) is 0 Å². The summed E-state index contributed by atoms with van der Waals surface area (Å²) in [7, 11) is 0. The summed E-state index contributed by atoms with van der Waals surface area (Å²) < 4.78 is 1.87. The zero-order chi connectivity index (χ0) is 17.9. The van der Waals surface area contributed by atoms with E-state index >= 15 is 0 Å². The monoisotopic (exact) mass is 348 g/mol. The molecule has 2 aromatic rings. The second kappa shape index (κ2) is 7.49. The molecule has 1 heterocycles. The molecular weight excluding hydrogens is 328 g/mol. The van der Waals surface area contributed by atoms with E-state index in [1.54, 1.807) is 18.2 Å². The standard InChI is InChI=1S/C17H21ClN4O2/c1-5-22-12(4)14(11(3)21-22)9-19-16(23)17(24)20-15-8-13(18)7-6-10(15)2/h6-8H,5,9H2,1-4H3,(H,19,23)(H,20,24). The van der Waals surface area contributed by atoms with Gasteiger partial charge in [-0.1, -0.05) is 17.7 Å². The Balaban J connectivity index is 2.01. The van der Waals surface area contributed by atoms with Crippen molar-refractivity contribution in [3.8, 4) is 0 Å². The van der Waals surface area contributed by atoms with Crippen molar-refractivity contribution in [2.45, 2.75) is 40.8 Å². The Kier molecular flexibility index (Phi) is 5.62. The molecule has 24 heavy (non-hydrogen) atoms. The number of nitrogens with one attached hydrogen (secondary N) is 2. The van der Waals surface area contributed by atoms with Crippen LogP contribution in [0.2, 0.25) is 5.02 Å². The number of anilines is 1. The van der Waals surface area contributed by atoms with Crippen LogP contribution in [0.25, 0.3) is 0 Å². The zero-order valence-corrected chi connectivity index (χ0v) is 15.0. The molecule has 0 spiro atoms. The number of rotatable bonds is 4. The van der Waals surface area contributed by atoms with Gasteiger partial charge in [0.05, 0.1) is 5.69 Å². The number of carbonyl (C=O) groups is 2. The van der Waals surface area contributed by atoms with Crippen molar-refractivity contribution in [2.75, 3.05) is 5.32 Å². The predicted molar refractivity (Wildman–Crippen MR) is 94.0 cm³/mol. The third-order valence-electron chi connectivity index (χ3n) is 3.91. The van der Waals surface area contributed by atoms with Crippen LogP contribution in [0.3, 0.4) is 0 Å². The Labute approximate surface area is 146 Å². The highest BCUT2D eigenvalue weighted by Gasteiger charge is 2.17. The van der Waals surface area contributed by atoms with Gasteiger partial charge in [-0.25, -0.2) is 0 Å². The molecule has 0 radical (unpaired) electrons. The second-order valence-corrected chi connectivity index (χ2v) is 6.00. The van der Waals surface area contributed by atoms with E-state index in [2.05, 4.69) is 15.7 Å². The van der Waals surface area contributed by atoms with E-state index in [0.717, 1.165) is 29.1 Å². The van der Waals surface area contributed by atoms with Crippen LogP contribution in [0.5, 0.6) is 0 Å². The van der Waals surface area contributed by atoms with E-state index in [1.807, 2.05) is 32.4 Å². The van der Waals surface area contributed by atoms with Crippen molar-refractivity contribution in [3.05, 3.63) is 45.7 Å². The molecule has 0 saturated heterocycles. The Bertz CT molecular complexity index is 783. The molecule has 0 fully saturated rings. The fourth-order valence-corrected chi connectivity index (χ4v) is 2.63. The summed E-state index contributed by atoms with van der Waals surface area (Å²) in [6.45, 7) is 8.68. The molecule has 0 aliphatic heterocycles. The summed E-state index contributed by atoms with van der Waals surface area (Å²) in [5, 5.41) is 10.1. The van der Waals surface area contributed by atoms with Gasteiger partial charge in [-0.15, -0.1) is 0 Å². The highest BCUT2D eigenvalue weighted by Crippen LogP contribution is 2.20. The van der Waals surface area contributed by atoms with E-state index in [4.69, 9.17) is 11.6 Å². The van der Waals surface area contributed by atoms with Crippen molar-refractivity contribution in [3.63, 3.8) is 0 Å². The van der Waals surface area contributed by atoms with Crippen LogP contribution in [0.15, 0.2) is 18.2 Å². The summed E-state index contributed by atoms with van der Waals surface area (Å²) in [6.07, 6.45) is 0. The van der Waals surface area contributed by atoms with E-state index in [-0.39, 0.29) is 6.54 Å². The predicted octanol–water partition coefficient (Wildman–Crippen LogP) is 2.74. The van der Waals surface area contributed by atoms with Gasteiger partial charge in [0.2, 0.25) is 0 Å². The molecule has 2 rings (SSSR count). The van der Waals surface area contributed by atoms with Crippen LogP contribution in [-0.4, -0.2) is 21.6 Å². The average Bonchev–Trinajstić information content (AvgIpc) is 2.82. The molecule has 6 nitrogen and oxygen atoms in total. The van der Waals surface area contributed by atoms with Gasteiger partial charge < -0.3 is 10.6 Å². The van der Waals surface area contributed by atoms with Crippen LogP contribution < -0.4 is 10.6 Å². The molecule has 7 heteroatoms. The number of benzene rings is 1. The molecule has 0 aliphatic rings. The molecule has 2 amide bonds. The lowest BCUT2D eigenvalue weighted by molar-refractivity contribution is -0.136. The molecule has 1 aromatic carbocycles. The molecule has 0 unspecified atom stereocenters. The summed E-state index contributed by atoms with van der Waals surface area (Å²) in [5.41, 5.74) is 4.12. The maximum atomic E-state index is 12.0. The van der Waals surface area contributed by atoms with Crippen molar-refractivity contribution in [1.82, 2.24) is 15.1 Å². The Hall–Kier alpha value is -2.34. The number of aromatic nitrogens is 2. The highest BCUT2D eigenvalue weighted by atomic mass is 35.5. The van der Waals surface area contributed by atoms with Gasteiger partial charge in [-0.3, -0.25) is 14.3 Å². The third-order valence-corrected chi connectivity index (χ3v) is 4.15. The molecule has 0 saturated carbocycles. The molecule has 128 valence electrons. The van der Waals surface area contributed by atoms with Crippen LogP contribution in [0.4, 0.5) is 5.69 Å². The lowest BCUT2D eigenvalue weighted by atomic mass is 10.2. The van der Waals surface area contributed by atoms with Crippen LogP contribution in [-0.2, 0) is 22.7 Å². The minimum atomic E-state index is -0.724. The summed E-state index contributed by atoms with van der Waals surface area (Å²) in [6, 6.07) is 5.12. The number of halogens is 1. The Morgan fingerprint density at radius 2 is 1.92 bits per heavy atom. The maximum Gasteiger partial charge on any atom is 0.313 e. The number of hydrogen-bond acceptors (Lipinski definition) is 3. The second-order valence-electron chi connectivity index (χ2n) is 5.56. The SMILES string of the molecule is CCn1nc(C)c(CNC(=O)C(=O)Nc2cc(Cl)ccc2C)c1C. The van der Waals surface area contributed by atoms with E-state index in [1.165, 1.54) is 0 Å². The third kappa shape index (κ3) is 3.94. The molecular formula is C17H21ClN4O2. The largest absolute Gasteiger partial charge is 0.344 e. The quantitative estimate of drug-likeness (QED) is 0.834. The highest BCUT2D eigenvalue weighted by molar-refractivity contribution is 6.40. The van der Waals surface area contributed by atoms with Crippen LogP contribution in [0.1, 0.15) is 29.4 Å². The summed E-state index contributed by atoms with van der Waals surface area (Å²) in [5.74, 6) is -1.42. The lowest BCUT2D eigenvalue weighted by Crippen LogP contribution is -2.35. The van der Waals surface area contributed by atoms with Gasteiger partial charge in [0, 0.05) is 35.1 Å². The minimum absolute atomic E-state index is 0.262. The number of hydrogen-bond donors (Lipinski definition) is 2. The fraction of sp³-hybridized carbons (Fsp3) is 0.353. The lowest BCUT2D eigenvalue weighted by Gasteiger charge is -2.09. The molecule has 0 atom stereocenters. The normalized spacial score (nSPS) is 10.5. The van der Waals surface area contributed by atoms with Crippen molar-refractivity contribution < 1.29 is 9.59 Å². The fourth-order valence-electron chi connectivity index (χ4n) is 2.45. The van der Waals surface area contributed by atoms with Gasteiger partial charge in [0.1, 0.15) is 0 Å². The average molecular weight is 349 g/mol. The first-order valence-corrected chi connectivity index (χ1v) is 8.09. The molecule has 2 N–H and O–H groups in total. The van der Waals surface area contributed by atoms with Gasteiger partial charge >= 0.3 is 11.8 Å². The van der Waals surface area contributed by atoms with E-state index < -0.39 is 11.8 Å². The number of aryl methyl sites for hydroxylation is 3. The van der Waals surface area contributed by atoms with Crippen molar-refractivity contribution in [2.24, 2.45) is 0 Å². The number of amides is 2.